The molecule has 4 nitrogen and oxygen atoms in total. The molecule has 1 aliphatic carbocycles. The van der Waals surface area contributed by atoms with Crippen molar-refractivity contribution in [2.45, 2.75) is 36.6 Å². The lowest BCUT2D eigenvalue weighted by Gasteiger charge is -2.08. The van der Waals surface area contributed by atoms with Gasteiger partial charge >= 0.3 is 0 Å². The van der Waals surface area contributed by atoms with Crippen LogP contribution in [0.2, 0.25) is 0 Å². The molecular formula is C13H13N3OS2. The Balaban J connectivity index is 2.21. The van der Waals surface area contributed by atoms with E-state index < -0.39 is 0 Å². The highest BCUT2D eigenvalue weighted by atomic mass is 32.2. The molecule has 0 bridgehead atoms. The topological polar surface area (TPSA) is 58.7 Å². The molecule has 98 valence electrons. The van der Waals surface area contributed by atoms with Gasteiger partial charge in [-0.3, -0.25) is 9.36 Å². The Morgan fingerprint density at radius 2 is 2.32 bits per heavy atom. The third kappa shape index (κ3) is 1.97. The molecule has 0 aromatic carbocycles. The second-order valence-corrected chi connectivity index (χ2v) is 7.08. The van der Waals surface area contributed by atoms with Gasteiger partial charge < -0.3 is 0 Å². The first-order valence-corrected chi connectivity index (χ1v) is 7.89. The number of hydrogen-bond acceptors (Lipinski definition) is 5. The third-order valence-electron chi connectivity index (χ3n) is 3.37. The lowest BCUT2D eigenvalue weighted by atomic mass is 10.2. The molecule has 0 saturated heterocycles. The van der Waals surface area contributed by atoms with Gasteiger partial charge in [0.25, 0.3) is 5.56 Å². The van der Waals surface area contributed by atoms with Gasteiger partial charge in [-0.05, 0) is 31.7 Å². The maximum absolute atomic E-state index is 12.5. The summed E-state index contributed by atoms with van der Waals surface area (Å²) >= 11 is 2.97. The van der Waals surface area contributed by atoms with Crippen LogP contribution in [-0.4, -0.2) is 14.8 Å². The molecule has 0 N–H and O–H groups in total. The first-order chi connectivity index (χ1) is 9.11. The first-order valence-electron chi connectivity index (χ1n) is 6.19. The van der Waals surface area contributed by atoms with Crippen LogP contribution in [0.1, 0.15) is 23.8 Å². The van der Waals surface area contributed by atoms with Crippen LogP contribution in [0.4, 0.5) is 0 Å². The summed E-state index contributed by atoms with van der Waals surface area (Å²) in [5.41, 5.74) is 1.23. The SMILES string of the molecule is CC(C#N)Sc1nc2sc3c(c2c(=O)n1C)CCC3. The molecule has 1 unspecified atom stereocenters. The summed E-state index contributed by atoms with van der Waals surface area (Å²) in [5.74, 6) is 0. The lowest BCUT2D eigenvalue weighted by Crippen LogP contribution is -2.20. The molecule has 3 rings (SSSR count). The highest BCUT2D eigenvalue weighted by molar-refractivity contribution is 8.00. The molecule has 6 heteroatoms. The molecule has 2 aromatic rings. The van der Waals surface area contributed by atoms with E-state index in [-0.39, 0.29) is 10.8 Å². The summed E-state index contributed by atoms with van der Waals surface area (Å²) in [6.07, 6.45) is 3.20. The van der Waals surface area contributed by atoms with E-state index in [1.54, 1.807) is 23.0 Å². The second kappa shape index (κ2) is 4.66. The van der Waals surface area contributed by atoms with Gasteiger partial charge in [0.05, 0.1) is 16.7 Å². The molecule has 0 radical (unpaired) electrons. The van der Waals surface area contributed by atoms with Gasteiger partial charge in [-0.15, -0.1) is 11.3 Å². The van der Waals surface area contributed by atoms with Crippen LogP contribution in [0.5, 0.6) is 0 Å². The predicted molar refractivity (Wildman–Crippen MR) is 77.8 cm³/mol. The highest BCUT2D eigenvalue weighted by Crippen LogP contribution is 2.35. The maximum Gasteiger partial charge on any atom is 0.262 e. The van der Waals surface area contributed by atoms with Crippen LogP contribution in [0.3, 0.4) is 0 Å². The summed E-state index contributed by atoms with van der Waals surface area (Å²) < 4.78 is 1.58. The van der Waals surface area contributed by atoms with E-state index >= 15 is 0 Å². The first kappa shape index (κ1) is 12.7. The number of hydrogen-bond donors (Lipinski definition) is 0. The summed E-state index contributed by atoms with van der Waals surface area (Å²) in [7, 11) is 1.74. The fraction of sp³-hybridized carbons (Fsp3) is 0.462. The monoisotopic (exact) mass is 291 g/mol. The Hall–Kier alpha value is -1.32. The summed E-state index contributed by atoms with van der Waals surface area (Å²) in [6.45, 7) is 1.81. The van der Waals surface area contributed by atoms with Gasteiger partial charge in [-0.25, -0.2) is 4.98 Å². The minimum Gasteiger partial charge on any atom is -0.290 e. The highest BCUT2D eigenvalue weighted by Gasteiger charge is 2.22. The molecule has 2 aromatic heterocycles. The van der Waals surface area contributed by atoms with Gasteiger partial charge in [0.15, 0.2) is 5.16 Å². The molecule has 0 aliphatic heterocycles. The number of aryl methyl sites for hydroxylation is 2. The fourth-order valence-corrected chi connectivity index (χ4v) is 4.46. The van der Waals surface area contributed by atoms with Crippen LogP contribution in [0.15, 0.2) is 9.95 Å². The van der Waals surface area contributed by atoms with Crippen molar-refractivity contribution in [1.29, 1.82) is 5.26 Å². The van der Waals surface area contributed by atoms with Crippen molar-refractivity contribution in [3.8, 4) is 6.07 Å². The minimum absolute atomic E-state index is 0.0250. The van der Waals surface area contributed by atoms with Crippen molar-refractivity contribution < 1.29 is 0 Å². The predicted octanol–water partition coefficient (Wildman–Crippen LogP) is 2.49. The van der Waals surface area contributed by atoms with Gasteiger partial charge in [0, 0.05) is 11.9 Å². The number of fused-ring (bicyclic) bond motifs is 3. The normalized spacial score (nSPS) is 15.4. The fourth-order valence-electron chi connectivity index (χ4n) is 2.40. The van der Waals surface area contributed by atoms with E-state index in [1.807, 2.05) is 6.92 Å². The van der Waals surface area contributed by atoms with E-state index in [0.717, 1.165) is 29.5 Å². The average Bonchev–Trinajstić information content (AvgIpc) is 2.95. The molecule has 0 amide bonds. The molecular weight excluding hydrogens is 278 g/mol. The van der Waals surface area contributed by atoms with E-state index in [1.165, 1.54) is 22.2 Å². The van der Waals surface area contributed by atoms with Crippen LogP contribution in [0.25, 0.3) is 10.2 Å². The van der Waals surface area contributed by atoms with Gasteiger partial charge in [-0.1, -0.05) is 11.8 Å². The van der Waals surface area contributed by atoms with E-state index in [2.05, 4.69) is 11.1 Å². The van der Waals surface area contributed by atoms with Crippen molar-refractivity contribution in [3.63, 3.8) is 0 Å². The Morgan fingerprint density at radius 1 is 1.53 bits per heavy atom. The van der Waals surface area contributed by atoms with Crippen molar-refractivity contribution in [3.05, 3.63) is 20.8 Å². The van der Waals surface area contributed by atoms with E-state index in [4.69, 9.17) is 5.26 Å². The van der Waals surface area contributed by atoms with E-state index in [9.17, 15) is 4.79 Å². The Morgan fingerprint density at radius 3 is 3.05 bits per heavy atom. The Labute approximate surface area is 119 Å². The third-order valence-corrected chi connectivity index (χ3v) is 5.59. The zero-order valence-corrected chi connectivity index (χ0v) is 12.4. The van der Waals surface area contributed by atoms with Gasteiger partial charge in [-0.2, -0.15) is 5.26 Å². The summed E-state index contributed by atoms with van der Waals surface area (Å²) in [4.78, 5) is 19.2. The van der Waals surface area contributed by atoms with Crippen LogP contribution in [0, 0.1) is 11.3 Å². The van der Waals surface area contributed by atoms with Crippen molar-refractivity contribution in [2.24, 2.45) is 7.05 Å². The number of nitriles is 1. The zero-order chi connectivity index (χ0) is 13.6. The molecule has 19 heavy (non-hydrogen) atoms. The number of aromatic nitrogens is 2. The van der Waals surface area contributed by atoms with Crippen LogP contribution >= 0.6 is 23.1 Å². The largest absolute Gasteiger partial charge is 0.290 e. The number of thioether (sulfide) groups is 1. The van der Waals surface area contributed by atoms with Gasteiger partial charge in [0.1, 0.15) is 4.83 Å². The smallest absolute Gasteiger partial charge is 0.262 e. The van der Waals surface area contributed by atoms with Crippen LogP contribution in [-0.2, 0) is 19.9 Å². The standard InChI is InChI=1S/C13H13N3OS2/c1-7(6-14)18-13-15-11-10(12(17)16(13)2)8-4-3-5-9(8)19-11/h7H,3-5H2,1-2H3. The van der Waals surface area contributed by atoms with Crippen LogP contribution < -0.4 is 5.56 Å². The summed E-state index contributed by atoms with van der Waals surface area (Å²) in [5, 5.41) is 10.1. The number of rotatable bonds is 2. The Kier molecular flexibility index (Phi) is 3.11. The van der Waals surface area contributed by atoms with E-state index in [0.29, 0.717) is 5.16 Å². The molecule has 0 spiro atoms. The number of thiophene rings is 1. The average molecular weight is 291 g/mol. The van der Waals surface area contributed by atoms with Gasteiger partial charge in [0.2, 0.25) is 0 Å². The molecule has 1 aliphatic rings. The minimum atomic E-state index is -0.206. The van der Waals surface area contributed by atoms with Crippen molar-refractivity contribution in [1.82, 2.24) is 9.55 Å². The van der Waals surface area contributed by atoms with Crippen molar-refractivity contribution >= 4 is 33.3 Å². The zero-order valence-electron chi connectivity index (χ0n) is 10.8. The molecule has 1 atom stereocenters. The molecule has 2 heterocycles. The Bertz CT molecular complexity index is 754. The second-order valence-electron chi connectivity index (χ2n) is 4.69. The quantitative estimate of drug-likeness (QED) is 0.630. The van der Waals surface area contributed by atoms with Crippen molar-refractivity contribution in [2.75, 3.05) is 0 Å². The maximum atomic E-state index is 12.5. The lowest BCUT2D eigenvalue weighted by molar-refractivity contribution is 0.726. The number of nitrogens with zero attached hydrogens (tertiary/aromatic N) is 3. The summed E-state index contributed by atoms with van der Waals surface area (Å²) in [6, 6.07) is 2.16. The molecule has 0 saturated carbocycles. The molecule has 0 fully saturated rings.